The van der Waals surface area contributed by atoms with Gasteiger partial charge in [-0.05, 0) is 13.0 Å². The first-order valence-corrected chi connectivity index (χ1v) is 4.58. The average Bonchev–Trinajstić information content (AvgIpc) is 2.61. The number of hydrogen-bond donors (Lipinski definition) is 1. The first-order valence-electron chi connectivity index (χ1n) is 4.20. The lowest BCUT2D eigenvalue weighted by Crippen LogP contribution is -2.20. The standard InChI is InChI=1S/C8H10ClN3O/c9-7-8(12-4-3-11-7)13-6-1-2-10-5-6/h3-4,6,10H,1-2,5H2. The van der Waals surface area contributed by atoms with Gasteiger partial charge in [-0.2, -0.15) is 0 Å². The molecule has 1 saturated heterocycles. The number of ether oxygens (including phenoxy) is 1. The lowest BCUT2D eigenvalue weighted by Gasteiger charge is -2.11. The van der Waals surface area contributed by atoms with Gasteiger partial charge < -0.3 is 10.1 Å². The number of rotatable bonds is 2. The number of halogens is 1. The highest BCUT2D eigenvalue weighted by atomic mass is 35.5. The molecule has 0 aromatic carbocycles. The second kappa shape index (κ2) is 3.89. The van der Waals surface area contributed by atoms with Crippen LogP contribution < -0.4 is 10.1 Å². The fraction of sp³-hybridized carbons (Fsp3) is 0.500. The second-order valence-electron chi connectivity index (χ2n) is 2.88. The van der Waals surface area contributed by atoms with Crippen molar-refractivity contribution in [2.45, 2.75) is 12.5 Å². The molecule has 1 unspecified atom stereocenters. The molecule has 0 radical (unpaired) electrons. The van der Waals surface area contributed by atoms with Crippen molar-refractivity contribution in [2.75, 3.05) is 13.1 Å². The van der Waals surface area contributed by atoms with E-state index in [4.69, 9.17) is 16.3 Å². The lowest BCUT2D eigenvalue weighted by atomic mass is 10.3. The van der Waals surface area contributed by atoms with Gasteiger partial charge in [-0.15, -0.1) is 0 Å². The summed E-state index contributed by atoms with van der Waals surface area (Å²) in [5.74, 6) is 0.429. The van der Waals surface area contributed by atoms with E-state index in [0.717, 1.165) is 19.5 Å². The van der Waals surface area contributed by atoms with E-state index in [1.807, 2.05) is 0 Å². The smallest absolute Gasteiger partial charge is 0.252 e. The molecule has 1 aliphatic rings. The van der Waals surface area contributed by atoms with Gasteiger partial charge in [0.2, 0.25) is 0 Å². The Hall–Kier alpha value is -0.870. The molecule has 0 bridgehead atoms. The maximum atomic E-state index is 5.78. The van der Waals surface area contributed by atoms with Gasteiger partial charge in [0.15, 0.2) is 5.15 Å². The molecule has 0 saturated carbocycles. The van der Waals surface area contributed by atoms with E-state index < -0.39 is 0 Å². The van der Waals surface area contributed by atoms with Crippen LogP contribution in [0.3, 0.4) is 0 Å². The topological polar surface area (TPSA) is 47.0 Å². The van der Waals surface area contributed by atoms with Gasteiger partial charge >= 0.3 is 0 Å². The highest BCUT2D eigenvalue weighted by Gasteiger charge is 2.17. The Kier molecular flexibility index (Phi) is 2.61. The van der Waals surface area contributed by atoms with E-state index in [9.17, 15) is 0 Å². The summed E-state index contributed by atoms with van der Waals surface area (Å²) in [5.41, 5.74) is 0. The van der Waals surface area contributed by atoms with Crippen LogP contribution in [0.5, 0.6) is 5.88 Å². The van der Waals surface area contributed by atoms with Crippen LogP contribution in [0, 0.1) is 0 Å². The maximum absolute atomic E-state index is 5.78. The third-order valence-corrected chi connectivity index (χ3v) is 2.18. The Morgan fingerprint density at radius 3 is 3.00 bits per heavy atom. The zero-order valence-electron chi connectivity index (χ0n) is 7.03. The third kappa shape index (κ3) is 2.08. The molecule has 70 valence electrons. The third-order valence-electron chi connectivity index (χ3n) is 1.92. The molecule has 2 rings (SSSR count). The highest BCUT2D eigenvalue weighted by molar-refractivity contribution is 6.30. The van der Waals surface area contributed by atoms with Crippen molar-refractivity contribution < 1.29 is 4.74 Å². The van der Waals surface area contributed by atoms with E-state index >= 15 is 0 Å². The van der Waals surface area contributed by atoms with Crippen molar-refractivity contribution >= 4 is 11.6 Å². The molecule has 1 aromatic rings. The van der Waals surface area contributed by atoms with Gasteiger partial charge in [0.25, 0.3) is 5.88 Å². The van der Waals surface area contributed by atoms with Crippen LogP contribution in [0.15, 0.2) is 12.4 Å². The van der Waals surface area contributed by atoms with E-state index in [1.165, 1.54) is 0 Å². The van der Waals surface area contributed by atoms with E-state index in [-0.39, 0.29) is 6.10 Å². The van der Waals surface area contributed by atoms with Gasteiger partial charge in [0.1, 0.15) is 6.10 Å². The largest absolute Gasteiger partial charge is 0.471 e. The van der Waals surface area contributed by atoms with Crippen molar-refractivity contribution in [1.82, 2.24) is 15.3 Å². The van der Waals surface area contributed by atoms with Crippen LogP contribution in [0.1, 0.15) is 6.42 Å². The van der Waals surface area contributed by atoms with Crippen LogP contribution >= 0.6 is 11.6 Å². The molecule has 0 spiro atoms. The monoisotopic (exact) mass is 199 g/mol. The second-order valence-corrected chi connectivity index (χ2v) is 3.24. The Labute approximate surface area is 81.3 Å². The molecule has 0 aliphatic carbocycles. The predicted molar refractivity (Wildman–Crippen MR) is 48.9 cm³/mol. The van der Waals surface area contributed by atoms with Crippen molar-refractivity contribution in [3.8, 4) is 5.88 Å². The molecule has 4 nitrogen and oxygen atoms in total. The van der Waals surface area contributed by atoms with Crippen molar-refractivity contribution in [3.63, 3.8) is 0 Å². The molecule has 1 N–H and O–H groups in total. The summed E-state index contributed by atoms with van der Waals surface area (Å²) in [6.07, 6.45) is 4.28. The Balaban J connectivity index is 2.04. The first-order chi connectivity index (χ1) is 6.36. The summed E-state index contributed by atoms with van der Waals surface area (Å²) in [4.78, 5) is 7.88. The number of aromatic nitrogens is 2. The summed E-state index contributed by atoms with van der Waals surface area (Å²) in [7, 11) is 0. The van der Waals surface area contributed by atoms with Gasteiger partial charge in [0, 0.05) is 18.9 Å². The van der Waals surface area contributed by atoms with Crippen molar-refractivity contribution in [2.24, 2.45) is 0 Å². The molecule has 1 atom stereocenters. The molecule has 1 fully saturated rings. The summed E-state index contributed by atoms with van der Waals surface area (Å²) < 4.78 is 5.54. The van der Waals surface area contributed by atoms with E-state index in [1.54, 1.807) is 12.4 Å². The normalized spacial score (nSPS) is 21.8. The van der Waals surface area contributed by atoms with Crippen LogP contribution in [-0.4, -0.2) is 29.2 Å². The molecular formula is C8H10ClN3O. The fourth-order valence-electron chi connectivity index (χ4n) is 1.27. The quantitative estimate of drug-likeness (QED) is 0.768. The van der Waals surface area contributed by atoms with Gasteiger partial charge in [-0.1, -0.05) is 11.6 Å². The zero-order chi connectivity index (χ0) is 9.10. The minimum Gasteiger partial charge on any atom is -0.471 e. The summed E-state index contributed by atoms with van der Waals surface area (Å²) in [5, 5.41) is 3.52. The van der Waals surface area contributed by atoms with E-state index in [2.05, 4.69) is 15.3 Å². The predicted octanol–water partition coefficient (Wildman–Crippen LogP) is 0.871. The Morgan fingerprint density at radius 2 is 2.31 bits per heavy atom. The van der Waals surface area contributed by atoms with Crippen molar-refractivity contribution in [1.29, 1.82) is 0 Å². The zero-order valence-corrected chi connectivity index (χ0v) is 7.79. The summed E-state index contributed by atoms with van der Waals surface area (Å²) >= 11 is 5.78. The molecule has 13 heavy (non-hydrogen) atoms. The average molecular weight is 200 g/mol. The Bertz CT molecular complexity index is 288. The van der Waals surface area contributed by atoms with E-state index in [0.29, 0.717) is 11.0 Å². The summed E-state index contributed by atoms with van der Waals surface area (Å²) in [6.45, 7) is 1.84. The van der Waals surface area contributed by atoms with Crippen LogP contribution in [0.25, 0.3) is 0 Å². The van der Waals surface area contributed by atoms with Crippen molar-refractivity contribution in [3.05, 3.63) is 17.5 Å². The van der Waals surface area contributed by atoms with Crippen LogP contribution in [0.4, 0.5) is 0 Å². The van der Waals surface area contributed by atoms with Crippen LogP contribution in [0.2, 0.25) is 5.15 Å². The van der Waals surface area contributed by atoms with Gasteiger partial charge in [-0.25, -0.2) is 9.97 Å². The highest BCUT2D eigenvalue weighted by Crippen LogP contribution is 2.19. The maximum Gasteiger partial charge on any atom is 0.252 e. The molecule has 1 aliphatic heterocycles. The molecule has 5 heteroatoms. The first kappa shape index (κ1) is 8.72. The Morgan fingerprint density at radius 1 is 1.46 bits per heavy atom. The molecule has 1 aromatic heterocycles. The molecule has 0 amide bonds. The fourth-order valence-corrected chi connectivity index (χ4v) is 1.42. The number of nitrogens with zero attached hydrogens (tertiary/aromatic N) is 2. The number of hydrogen-bond acceptors (Lipinski definition) is 4. The van der Waals surface area contributed by atoms with Gasteiger partial charge in [-0.3, -0.25) is 0 Å². The minimum absolute atomic E-state index is 0.175. The van der Waals surface area contributed by atoms with Gasteiger partial charge in [0.05, 0.1) is 0 Å². The lowest BCUT2D eigenvalue weighted by molar-refractivity contribution is 0.213. The molecular weight excluding hydrogens is 190 g/mol. The number of nitrogens with one attached hydrogen (secondary N) is 1. The van der Waals surface area contributed by atoms with Crippen LogP contribution in [-0.2, 0) is 0 Å². The SMILES string of the molecule is Clc1nccnc1OC1CCNC1. The minimum atomic E-state index is 0.175. The molecule has 2 heterocycles. The summed E-state index contributed by atoms with van der Waals surface area (Å²) in [6, 6.07) is 0.